The summed E-state index contributed by atoms with van der Waals surface area (Å²) in [5, 5.41) is 9.39. The first kappa shape index (κ1) is 20.1. The zero-order valence-electron chi connectivity index (χ0n) is 17.1. The van der Waals surface area contributed by atoms with E-state index in [1.807, 2.05) is 48.5 Å². The highest BCUT2D eigenvalue weighted by Crippen LogP contribution is 2.32. The molecule has 0 bridgehead atoms. The Morgan fingerprint density at radius 3 is 1.53 bits per heavy atom. The molecule has 0 amide bonds. The van der Waals surface area contributed by atoms with Crippen LogP contribution in [0.4, 0.5) is 0 Å². The summed E-state index contributed by atoms with van der Waals surface area (Å²) in [6, 6.07) is 32.2. The molecule has 0 heterocycles. The van der Waals surface area contributed by atoms with Gasteiger partial charge in [0.1, 0.15) is 17.2 Å². The Hall–Kier alpha value is -3.17. The molecule has 1 N–H and O–H groups in total. The first-order valence-electron chi connectivity index (χ1n) is 10.0. The zero-order valence-corrected chi connectivity index (χ0v) is 17.9. The fraction of sp³-hybridized carbons (Fsp3) is 0.111. The summed E-state index contributed by atoms with van der Waals surface area (Å²) in [4.78, 5) is 2.20. The summed E-state index contributed by atoms with van der Waals surface area (Å²) in [6.07, 6.45) is 0. The second-order valence-electron chi connectivity index (χ2n) is 7.47. The van der Waals surface area contributed by atoms with Crippen molar-refractivity contribution in [2.45, 2.75) is 29.6 Å². The van der Waals surface area contributed by atoms with Gasteiger partial charge in [-0.2, -0.15) is 0 Å². The van der Waals surface area contributed by atoms with Crippen LogP contribution in [-0.2, 0) is 0 Å². The molecular formula is C27H24O2S. The van der Waals surface area contributed by atoms with Gasteiger partial charge in [0.05, 0.1) is 0 Å². The molecule has 0 saturated carbocycles. The molecule has 30 heavy (non-hydrogen) atoms. The lowest BCUT2D eigenvalue weighted by molar-refractivity contribution is 0.475. The second kappa shape index (κ2) is 9.10. The second-order valence-corrected chi connectivity index (χ2v) is 8.62. The van der Waals surface area contributed by atoms with Crippen molar-refractivity contribution in [1.29, 1.82) is 0 Å². The molecule has 0 spiro atoms. The largest absolute Gasteiger partial charge is 0.508 e. The third-order valence-electron chi connectivity index (χ3n) is 4.90. The van der Waals surface area contributed by atoms with E-state index in [4.69, 9.17) is 4.74 Å². The number of hydrogen-bond donors (Lipinski definition) is 1. The summed E-state index contributed by atoms with van der Waals surface area (Å²) in [5.41, 5.74) is 3.74. The first-order chi connectivity index (χ1) is 14.6. The molecule has 4 aromatic rings. The summed E-state index contributed by atoms with van der Waals surface area (Å²) in [7, 11) is 0. The van der Waals surface area contributed by atoms with E-state index in [0.717, 1.165) is 21.3 Å². The van der Waals surface area contributed by atoms with E-state index in [1.165, 1.54) is 16.7 Å². The maximum atomic E-state index is 9.39. The summed E-state index contributed by atoms with van der Waals surface area (Å²) in [6.45, 7) is 4.42. The number of rotatable bonds is 6. The minimum absolute atomic E-state index is 0.279. The Morgan fingerprint density at radius 1 is 0.600 bits per heavy atom. The highest BCUT2D eigenvalue weighted by Gasteiger charge is 2.04. The molecule has 0 aliphatic rings. The van der Waals surface area contributed by atoms with Crippen LogP contribution in [0.15, 0.2) is 107 Å². The van der Waals surface area contributed by atoms with E-state index in [-0.39, 0.29) is 5.75 Å². The molecule has 0 saturated heterocycles. The third kappa shape index (κ3) is 5.05. The molecule has 0 atom stereocenters. The molecule has 0 unspecified atom stereocenters. The zero-order chi connectivity index (χ0) is 20.9. The van der Waals surface area contributed by atoms with Crippen LogP contribution in [0.5, 0.6) is 17.2 Å². The lowest BCUT2D eigenvalue weighted by atomic mass is 9.99. The van der Waals surface area contributed by atoms with E-state index in [1.54, 1.807) is 23.9 Å². The van der Waals surface area contributed by atoms with Crippen molar-refractivity contribution in [3.05, 3.63) is 103 Å². The van der Waals surface area contributed by atoms with Crippen LogP contribution in [-0.4, -0.2) is 5.11 Å². The van der Waals surface area contributed by atoms with E-state index < -0.39 is 0 Å². The Balaban J connectivity index is 1.40. The smallest absolute Gasteiger partial charge is 0.127 e. The monoisotopic (exact) mass is 412 g/mol. The van der Waals surface area contributed by atoms with Gasteiger partial charge in [0.25, 0.3) is 0 Å². The SMILES string of the molecule is CC(C)c1ccc(-c2ccc(Oc3ccc(Sc4ccc(O)cc4)cc3)cc2)cc1. The van der Waals surface area contributed by atoms with Crippen LogP contribution in [0, 0.1) is 0 Å². The summed E-state index contributed by atoms with van der Waals surface area (Å²) < 4.78 is 6.00. The van der Waals surface area contributed by atoms with E-state index in [9.17, 15) is 5.11 Å². The third-order valence-corrected chi connectivity index (χ3v) is 5.91. The number of phenolic OH excluding ortho intramolecular Hbond substituents is 1. The van der Waals surface area contributed by atoms with Crippen molar-refractivity contribution in [2.75, 3.05) is 0 Å². The fourth-order valence-electron chi connectivity index (χ4n) is 3.14. The summed E-state index contributed by atoms with van der Waals surface area (Å²) in [5.74, 6) is 2.44. The van der Waals surface area contributed by atoms with Gasteiger partial charge in [0.2, 0.25) is 0 Å². The predicted octanol–water partition coefficient (Wildman–Crippen LogP) is 8.13. The lowest BCUT2D eigenvalue weighted by Gasteiger charge is -2.09. The van der Waals surface area contributed by atoms with Crippen molar-refractivity contribution in [2.24, 2.45) is 0 Å². The molecule has 0 aliphatic carbocycles. The van der Waals surface area contributed by atoms with Crippen LogP contribution in [0.3, 0.4) is 0 Å². The fourth-order valence-corrected chi connectivity index (χ4v) is 3.95. The van der Waals surface area contributed by atoms with Gasteiger partial charge in [0, 0.05) is 9.79 Å². The van der Waals surface area contributed by atoms with Gasteiger partial charge in [-0.05, 0) is 83.3 Å². The van der Waals surface area contributed by atoms with Crippen molar-refractivity contribution in [3.8, 4) is 28.4 Å². The van der Waals surface area contributed by atoms with Crippen LogP contribution in [0.25, 0.3) is 11.1 Å². The molecule has 4 rings (SSSR count). The number of ether oxygens (including phenoxy) is 1. The topological polar surface area (TPSA) is 29.5 Å². The highest BCUT2D eigenvalue weighted by atomic mass is 32.2. The first-order valence-corrected chi connectivity index (χ1v) is 10.8. The lowest BCUT2D eigenvalue weighted by Crippen LogP contribution is -1.87. The number of phenols is 1. The Bertz CT molecular complexity index is 1080. The number of hydrogen-bond acceptors (Lipinski definition) is 3. The van der Waals surface area contributed by atoms with Crippen molar-refractivity contribution in [1.82, 2.24) is 0 Å². The molecule has 2 nitrogen and oxygen atoms in total. The molecule has 0 aromatic heterocycles. The van der Waals surface area contributed by atoms with Gasteiger partial charge in [0.15, 0.2) is 0 Å². The minimum Gasteiger partial charge on any atom is -0.508 e. The normalized spacial score (nSPS) is 10.9. The predicted molar refractivity (Wildman–Crippen MR) is 125 cm³/mol. The minimum atomic E-state index is 0.279. The van der Waals surface area contributed by atoms with E-state index >= 15 is 0 Å². The van der Waals surface area contributed by atoms with Crippen molar-refractivity contribution >= 4 is 11.8 Å². The molecule has 0 aliphatic heterocycles. The van der Waals surface area contributed by atoms with E-state index in [2.05, 4.69) is 50.2 Å². The maximum Gasteiger partial charge on any atom is 0.127 e. The van der Waals surface area contributed by atoms with Crippen LogP contribution >= 0.6 is 11.8 Å². The molecular weight excluding hydrogens is 388 g/mol. The molecule has 4 aromatic carbocycles. The van der Waals surface area contributed by atoms with Gasteiger partial charge in [-0.25, -0.2) is 0 Å². The number of aromatic hydroxyl groups is 1. The quantitative estimate of drug-likeness (QED) is 0.347. The van der Waals surface area contributed by atoms with Crippen LogP contribution in [0.1, 0.15) is 25.3 Å². The number of benzene rings is 4. The van der Waals surface area contributed by atoms with Gasteiger partial charge < -0.3 is 9.84 Å². The molecule has 0 radical (unpaired) electrons. The van der Waals surface area contributed by atoms with Gasteiger partial charge in [-0.15, -0.1) is 0 Å². The Kier molecular flexibility index (Phi) is 6.10. The maximum absolute atomic E-state index is 9.39. The molecule has 3 heteroatoms. The standard InChI is InChI=1S/C27H24O2S/c1-19(2)20-3-5-21(6-4-20)22-7-11-24(12-8-22)29-25-13-17-27(18-14-25)30-26-15-9-23(28)10-16-26/h3-19,28H,1-2H3. The van der Waals surface area contributed by atoms with E-state index in [0.29, 0.717) is 5.92 Å². The van der Waals surface area contributed by atoms with Gasteiger partial charge >= 0.3 is 0 Å². The van der Waals surface area contributed by atoms with Gasteiger partial charge in [-0.3, -0.25) is 0 Å². The summed E-state index contributed by atoms with van der Waals surface area (Å²) >= 11 is 1.65. The molecule has 150 valence electrons. The van der Waals surface area contributed by atoms with Crippen LogP contribution < -0.4 is 4.74 Å². The van der Waals surface area contributed by atoms with Crippen molar-refractivity contribution < 1.29 is 9.84 Å². The average molecular weight is 413 g/mol. The van der Waals surface area contributed by atoms with Crippen molar-refractivity contribution in [3.63, 3.8) is 0 Å². The van der Waals surface area contributed by atoms with Gasteiger partial charge in [-0.1, -0.05) is 62.0 Å². The Morgan fingerprint density at radius 2 is 1.03 bits per heavy atom. The van der Waals surface area contributed by atoms with Crippen LogP contribution in [0.2, 0.25) is 0 Å². The molecule has 0 fully saturated rings. The average Bonchev–Trinajstić information content (AvgIpc) is 2.77. The highest BCUT2D eigenvalue weighted by molar-refractivity contribution is 7.99. The Labute approximate surface area is 182 Å².